The Balaban J connectivity index is 1.86. The van der Waals surface area contributed by atoms with Crippen LogP contribution < -0.4 is 10.1 Å². The number of carbonyl (C=O) groups is 1. The molecule has 0 saturated heterocycles. The number of amides is 1. The normalized spacial score (nSPS) is 12.1. The van der Waals surface area contributed by atoms with Gasteiger partial charge in [-0.2, -0.15) is 0 Å². The fourth-order valence-corrected chi connectivity index (χ4v) is 3.57. The number of carbonyl (C=O) groups excluding carboxylic acids is 1. The van der Waals surface area contributed by atoms with Gasteiger partial charge in [-0.05, 0) is 42.4 Å². The van der Waals surface area contributed by atoms with Crippen LogP contribution in [-0.4, -0.2) is 38.1 Å². The first-order valence-corrected chi connectivity index (χ1v) is 12.2. The standard InChI is InChI=1S/C18H27N3O3SSi/c1-18(2,3)26(5,6)24-12-15(22)19-11-16-20-21-17(25-16)13-7-9-14(23-4)10-8-13/h7-10H,11-12H2,1-6H3,(H,19,22). The molecule has 0 bridgehead atoms. The predicted octanol–water partition coefficient (Wildman–Crippen LogP) is 3.85. The van der Waals surface area contributed by atoms with Crippen LogP contribution in [0.3, 0.4) is 0 Å². The van der Waals surface area contributed by atoms with Crippen LogP contribution in [0.15, 0.2) is 24.3 Å². The number of aromatic nitrogens is 2. The van der Waals surface area contributed by atoms with Crippen LogP contribution in [-0.2, 0) is 15.8 Å². The summed E-state index contributed by atoms with van der Waals surface area (Å²) < 4.78 is 11.1. The number of rotatable bonds is 7. The van der Waals surface area contributed by atoms with Crippen molar-refractivity contribution in [2.45, 2.75) is 45.4 Å². The van der Waals surface area contributed by atoms with Crippen LogP contribution in [0.2, 0.25) is 18.1 Å². The Kier molecular flexibility index (Phi) is 6.54. The zero-order valence-corrected chi connectivity index (χ0v) is 18.1. The molecule has 1 heterocycles. The summed E-state index contributed by atoms with van der Waals surface area (Å²) >= 11 is 1.46. The van der Waals surface area contributed by atoms with E-state index >= 15 is 0 Å². The molecule has 0 atom stereocenters. The molecule has 6 nitrogen and oxygen atoms in total. The van der Waals surface area contributed by atoms with Crippen molar-refractivity contribution in [2.75, 3.05) is 13.7 Å². The minimum absolute atomic E-state index is 0.0831. The minimum Gasteiger partial charge on any atom is -0.497 e. The summed E-state index contributed by atoms with van der Waals surface area (Å²) in [6, 6.07) is 7.65. The number of hydrogen-bond donors (Lipinski definition) is 1. The molecule has 0 saturated carbocycles. The third-order valence-electron chi connectivity index (χ3n) is 4.61. The maximum Gasteiger partial charge on any atom is 0.245 e. The third kappa shape index (κ3) is 5.36. The molecule has 26 heavy (non-hydrogen) atoms. The highest BCUT2D eigenvalue weighted by atomic mass is 32.1. The monoisotopic (exact) mass is 393 g/mol. The van der Waals surface area contributed by atoms with Crippen molar-refractivity contribution in [2.24, 2.45) is 0 Å². The molecule has 1 amide bonds. The molecule has 0 aliphatic carbocycles. The second kappa shape index (κ2) is 8.28. The predicted molar refractivity (Wildman–Crippen MR) is 107 cm³/mol. The quantitative estimate of drug-likeness (QED) is 0.723. The van der Waals surface area contributed by atoms with Crippen molar-refractivity contribution < 1.29 is 14.0 Å². The SMILES string of the molecule is COc1ccc(-c2nnc(CNC(=O)CO[Si](C)(C)C(C)(C)C)s2)cc1. The van der Waals surface area contributed by atoms with E-state index in [1.165, 1.54) is 11.3 Å². The van der Waals surface area contributed by atoms with Gasteiger partial charge in [-0.25, -0.2) is 0 Å². The van der Waals surface area contributed by atoms with Gasteiger partial charge in [-0.3, -0.25) is 4.79 Å². The summed E-state index contributed by atoms with van der Waals surface area (Å²) in [4.78, 5) is 12.1. The van der Waals surface area contributed by atoms with Gasteiger partial charge < -0.3 is 14.5 Å². The second-order valence-electron chi connectivity index (χ2n) is 7.56. The molecule has 2 rings (SSSR count). The molecule has 1 aromatic heterocycles. The topological polar surface area (TPSA) is 73.3 Å². The van der Waals surface area contributed by atoms with E-state index in [1.807, 2.05) is 24.3 Å². The van der Waals surface area contributed by atoms with Gasteiger partial charge >= 0.3 is 0 Å². The summed E-state index contributed by atoms with van der Waals surface area (Å²) in [5.41, 5.74) is 0.974. The fraction of sp³-hybridized carbons (Fsp3) is 0.500. The van der Waals surface area contributed by atoms with Crippen LogP contribution in [0, 0.1) is 0 Å². The first-order chi connectivity index (χ1) is 12.1. The van der Waals surface area contributed by atoms with Gasteiger partial charge in [0, 0.05) is 5.56 Å². The molecule has 1 N–H and O–H groups in total. The Hall–Kier alpha value is -1.77. The van der Waals surface area contributed by atoms with E-state index < -0.39 is 8.32 Å². The molecule has 0 radical (unpaired) electrons. The Morgan fingerprint density at radius 3 is 2.42 bits per heavy atom. The summed E-state index contributed by atoms with van der Waals surface area (Å²) in [5.74, 6) is 0.670. The van der Waals surface area contributed by atoms with Crippen molar-refractivity contribution in [3.05, 3.63) is 29.3 Å². The number of ether oxygens (including phenoxy) is 1. The lowest BCUT2D eigenvalue weighted by Gasteiger charge is -2.35. The lowest BCUT2D eigenvalue weighted by atomic mass is 10.2. The largest absolute Gasteiger partial charge is 0.497 e. The van der Waals surface area contributed by atoms with Crippen LogP contribution in [0.1, 0.15) is 25.8 Å². The van der Waals surface area contributed by atoms with Gasteiger partial charge in [0.25, 0.3) is 0 Å². The average Bonchev–Trinajstić information content (AvgIpc) is 3.06. The zero-order chi connectivity index (χ0) is 19.4. The Morgan fingerprint density at radius 1 is 1.19 bits per heavy atom. The van der Waals surface area contributed by atoms with Gasteiger partial charge in [-0.1, -0.05) is 32.1 Å². The summed E-state index contributed by atoms with van der Waals surface area (Å²) in [6.07, 6.45) is 0. The van der Waals surface area contributed by atoms with Crippen molar-refractivity contribution in [1.29, 1.82) is 0 Å². The number of nitrogens with one attached hydrogen (secondary N) is 1. The lowest BCUT2D eigenvalue weighted by molar-refractivity contribution is -0.123. The van der Waals surface area contributed by atoms with E-state index in [0.29, 0.717) is 6.54 Å². The number of hydrogen-bond acceptors (Lipinski definition) is 6. The number of benzene rings is 1. The van der Waals surface area contributed by atoms with Gasteiger partial charge in [-0.15, -0.1) is 10.2 Å². The van der Waals surface area contributed by atoms with Crippen LogP contribution in [0.5, 0.6) is 5.75 Å². The molecular weight excluding hydrogens is 366 g/mol. The van der Waals surface area contributed by atoms with E-state index in [0.717, 1.165) is 21.3 Å². The molecule has 0 aliphatic rings. The molecule has 142 valence electrons. The van der Waals surface area contributed by atoms with Crippen molar-refractivity contribution >= 4 is 25.6 Å². The summed E-state index contributed by atoms with van der Waals surface area (Å²) in [5, 5.41) is 12.8. The second-order valence-corrected chi connectivity index (χ2v) is 13.4. The van der Waals surface area contributed by atoms with Gasteiger partial charge in [0.1, 0.15) is 22.4 Å². The third-order valence-corrected chi connectivity index (χ3v) is 10.1. The smallest absolute Gasteiger partial charge is 0.245 e. The van der Waals surface area contributed by atoms with E-state index in [1.54, 1.807) is 7.11 Å². The number of methoxy groups -OCH3 is 1. The highest BCUT2D eigenvalue weighted by molar-refractivity contribution is 7.14. The molecule has 0 fully saturated rings. The highest BCUT2D eigenvalue weighted by Gasteiger charge is 2.37. The summed E-state index contributed by atoms with van der Waals surface area (Å²) in [6.45, 7) is 11.2. The minimum atomic E-state index is -1.92. The lowest BCUT2D eigenvalue weighted by Crippen LogP contribution is -2.43. The van der Waals surface area contributed by atoms with Gasteiger partial charge in [0.15, 0.2) is 8.32 Å². The Bertz CT molecular complexity index is 739. The van der Waals surface area contributed by atoms with E-state index in [4.69, 9.17) is 9.16 Å². The van der Waals surface area contributed by atoms with Crippen molar-refractivity contribution in [3.63, 3.8) is 0 Å². The van der Waals surface area contributed by atoms with Crippen molar-refractivity contribution in [3.8, 4) is 16.3 Å². The maximum atomic E-state index is 12.1. The molecule has 1 aromatic carbocycles. The van der Waals surface area contributed by atoms with Crippen LogP contribution in [0.4, 0.5) is 0 Å². The van der Waals surface area contributed by atoms with E-state index in [9.17, 15) is 4.79 Å². The maximum absolute atomic E-state index is 12.1. The zero-order valence-electron chi connectivity index (χ0n) is 16.3. The van der Waals surface area contributed by atoms with E-state index in [2.05, 4.69) is 49.4 Å². The molecule has 0 unspecified atom stereocenters. The molecular formula is C18H27N3O3SSi. The molecule has 0 aliphatic heterocycles. The Labute approximate surface area is 160 Å². The highest BCUT2D eigenvalue weighted by Crippen LogP contribution is 2.36. The van der Waals surface area contributed by atoms with Gasteiger partial charge in [0.05, 0.1) is 13.7 Å². The average molecular weight is 394 g/mol. The van der Waals surface area contributed by atoms with Gasteiger partial charge in [0.2, 0.25) is 5.91 Å². The van der Waals surface area contributed by atoms with E-state index in [-0.39, 0.29) is 17.6 Å². The molecule has 2 aromatic rings. The first-order valence-electron chi connectivity index (χ1n) is 8.50. The molecule has 0 spiro atoms. The molecule has 8 heteroatoms. The summed E-state index contributed by atoms with van der Waals surface area (Å²) in [7, 11) is -0.286. The van der Waals surface area contributed by atoms with Crippen LogP contribution in [0.25, 0.3) is 10.6 Å². The first kappa shape index (κ1) is 20.5. The van der Waals surface area contributed by atoms with Crippen molar-refractivity contribution in [1.82, 2.24) is 15.5 Å². The Morgan fingerprint density at radius 2 is 1.85 bits per heavy atom. The van der Waals surface area contributed by atoms with Crippen LogP contribution >= 0.6 is 11.3 Å². The number of nitrogens with zero attached hydrogens (tertiary/aromatic N) is 2. The fourth-order valence-electron chi connectivity index (χ4n) is 1.86.